The van der Waals surface area contributed by atoms with Gasteiger partial charge in [-0.15, -0.1) is 0 Å². The van der Waals surface area contributed by atoms with Crippen molar-refractivity contribution >= 4 is 47.8 Å². The molecular formula is C46H64N2O15. The first-order valence-corrected chi connectivity index (χ1v) is 20.5. The molecule has 63 heavy (non-hydrogen) atoms. The summed E-state index contributed by atoms with van der Waals surface area (Å²) in [7, 11) is 0. The third kappa shape index (κ3) is 17.4. The molecule has 4 atom stereocenters. The summed E-state index contributed by atoms with van der Waals surface area (Å²) in [5.41, 5.74) is -2.02. The second kappa shape index (κ2) is 24.6. The molecule has 17 heteroatoms. The number of hydrogen-bond donors (Lipinski definition) is 2. The van der Waals surface area contributed by atoms with Crippen molar-refractivity contribution < 1.29 is 71.5 Å². The second-order valence-corrected chi connectivity index (χ2v) is 17.1. The Kier molecular flexibility index (Phi) is 20.7. The van der Waals surface area contributed by atoms with Crippen molar-refractivity contribution in [3.63, 3.8) is 0 Å². The minimum atomic E-state index is -1.51. The normalized spacial score (nSPS) is 17.5. The average Bonchev–Trinajstić information content (AvgIpc) is 3.79. The Morgan fingerprint density at radius 2 is 0.825 bits per heavy atom. The lowest BCUT2D eigenvalue weighted by Gasteiger charge is -2.32. The van der Waals surface area contributed by atoms with Gasteiger partial charge in [0, 0.05) is 47.4 Å². The summed E-state index contributed by atoms with van der Waals surface area (Å²) in [6, 6.07) is 0. The standard InChI is InChI=1S/C46H64N2O15/c1-27(2)37(49)15-16-45(20-57-38(50)28(3)4,21-58-39(51)29(5)6)22-62-43(55)47-18-34-17-33-13-14-35(34)36(33)19-48-44(56)63-26-46(23-59-40(52)30(7)8,24-60-41(53)31(9)10)25-61-42(54)32(11)12/h33-36H,1,3,5,7,9,11,13-26H2,2,4,6,8,10,12H3,(H,47,55)(H,48,56). The molecule has 2 aliphatic carbocycles. The van der Waals surface area contributed by atoms with E-state index in [1.807, 2.05) is 0 Å². The smallest absolute Gasteiger partial charge is 0.407 e. The zero-order chi connectivity index (χ0) is 47.7. The lowest BCUT2D eigenvalue weighted by atomic mass is 9.84. The van der Waals surface area contributed by atoms with Gasteiger partial charge in [0.1, 0.15) is 51.7 Å². The fraction of sp³-hybridized carbons (Fsp3) is 0.565. The fourth-order valence-electron chi connectivity index (χ4n) is 7.03. The van der Waals surface area contributed by atoms with Gasteiger partial charge < -0.3 is 43.8 Å². The van der Waals surface area contributed by atoms with E-state index in [0.717, 1.165) is 19.3 Å². The number of ketones is 1. The molecule has 0 radical (unpaired) electrons. The van der Waals surface area contributed by atoms with Crippen molar-refractivity contribution in [2.75, 3.05) is 59.3 Å². The minimum Gasteiger partial charge on any atom is -0.461 e. The Balaban J connectivity index is 2.11. The van der Waals surface area contributed by atoms with Crippen LogP contribution in [0.1, 0.15) is 73.6 Å². The maximum atomic E-state index is 13.2. The molecule has 2 amide bonds. The Labute approximate surface area is 369 Å². The van der Waals surface area contributed by atoms with E-state index in [4.69, 9.17) is 33.2 Å². The van der Waals surface area contributed by atoms with E-state index >= 15 is 0 Å². The maximum Gasteiger partial charge on any atom is 0.407 e. The molecule has 2 N–H and O–H groups in total. The van der Waals surface area contributed by atoms with E-state index < -0.39 is 79.3 Å². The highest BCUT2D eigenvalue weighted by Crippen LogP contribution is 2.52. The molecule has 2 aliphatic rings. The zero-order valence-corrected chi connectivity index (χ0v) is 37.6. The van der Waals surface area contributed by atoms with Gasteiger partial charge in [-0.2, -0.15) is 0 Å². The lowest BCUT2D eigenvalue weighted by Crippen LogP contribution is -2.45. The average molecular weight is 885 g/mol. The summed E-state index contributed by atoms with van der Waals surface area (Å²) < 4.78 is 38.1. The predicted octanol–water partition coefficient (Wildman–Crippen LogP) is 5.60. The molecule has 4 unspecified atom stereocenters. The number of fused-ring (bicyclic) bond motifs is 2. The third-order valence-electron chi connectivity index (χ3n) is 10.9. The van der Waals surface area contributed by atoms with Crippen LogP contribution in [0.25, 0.3) is 0 Å². The number of alkyl carbamates (subject to hydrolysis) is 2. The summed E-state index contributed by atoms with van der Waals surface area (Å²) in [6.07, 6.45) is 0.931. The SMILES string of the molecule is C=C(C)C(=O)CCC(COC(=O)NCC1CC2CCC1C2CNC(=O)OCC(COC(=O)C(=C)C)(COC(=O)C(=C)C)COC(=O)C(=C)C)(COC(=O)C(=C)C)COC(=O)C(=C)C. The third-order valence-corrected chi connectivity index (χ3v) is 10.9. The largest absolute Gasteiger partial charge is 0.461 e. The number of nitrogens with one attached hydrogen (secondary N) is 2. The van der Waals surface area contributed by atoms with Gasteiger partial charge in [0.25, 0.3) is 0 Å². The summed E-state index contributed by atoms with van der Waals surface area (Å²) >= 11 is 0. The maximum absolute atomic E-state index is 13.2. The van der Waals surface area contributed by atoms with Crippen molar-refractivity contribution in [3.05, 3.63) is 72.9 Å². The Morgan fingerprint density at radius 3 is 1.21 bits per heavy atom. The van der Waals surface area contributed by atoms with Gasteiger partial charge in [0.2, 0.25) is 0 Å². The predicted molar refractivity (Wildman–Crippen MR) is 229 cm³/mol. The Morgan fingerprint density at radius 1 is 0.476 bits per heavy atom. The first kappa shape index (κ1) is 53.1. The fourth-order valence-corrected chi connectivity index (χ4v) is 7.03. The number of Topliss-reactive ketones (excluding diaryl/α,β-unsaturated/α-hetero) is 1. The molecule has 2 bridgehead atoms. The molecule has 0 spiro atoms. The van der Waals surface area contributed by atoms with Crippen molar-refractivity contribution in [2.45, 2.75) is 73.6 Å². The van der Waals surface area contributed by atoms with Crippen LogP contribution in [0.3, 0.4) is 0 Å². The van der Waals surface area contributed by atoms with Gasteiger partial charge in [-0.05, 0) is 96.5 Å². The number of ether oxygens (including phenoxy) is 7. The van der Waals surface area contributed by atoms with Crippen LogP contribution < -0.4 is 10.6 Å². The molecule has 0 aromatic carbocycles. The van der Waals surface area contributed by atoms with Crippen molar-refractivity contribution in [1.82, 2.24) is 10.6 Å². The summed E-state index contributed by atoms with van der Waals surface area (Å²) in [6.45, 7) is 27.9. The minimum absolute atomic E-state index is 0.0246. The van der Waals surface area contributed by atoms with Crippen LogP contribution in [0.15, 0.2) is 72.9 Å². The van der Waals surface area contributed by atoms with Gasteiger partial charge in [-0.25, -0.2) is 33.6 Å². The van der Waals surface area contributed by atoms with E-state index in [2.05, 4.69) is 50.1 Å². The Hall–Kier alpha value is -6.00. The number of carbonyl (C=O) groups is 8. The van der Waals surface area contributed by atoms with Crippen LogP contribution in [-0.2, 0) is 61.9 Å². The van der Waals surface area contributed by atoms with Gasteiger partial charge in [-0.1, -0.05) is 39.5 Å². The zero-order valence-electron chi connectivity index (χ0n) is 37.6. The molecular weight excluding hydrogens is 821 g/mol. The molecule has 0 saturated heterocycles. The Bertz CT molecular complexity index is 1700. The molecule has 2 fully saturated rings. The van der Waals surface area contributed by atoms with Crippen molar-refractivity contribution in [3.8, 4) is 0 Å². The van der Waals surface area contributed by atoms with Crippen molar-refractivity contribution in [2.24, 2.45) is 34.5 Å². The topological polar surface area (TPSA) is 225 Å². The molecule has 17 nitrogen and oxygen atoms in total. The number of rotatable bonds is 27. The van der Waals surface area contributed by atoms with Gasteiger partial charge >= 0.3 is 42.0 Å². The molecule has 0 aliphatic heterocycles. The molecule has 2 saturated carbocycles. The van der Waals surface area contributed by atoms with Crippen LogP contribution in [0.2, 0.25) is 0 Å². The molecule has 0 aromatic heterocycles. The van der Waals surface area contributed by atoms with Crippen LogP contribution in [0.4, 0.5) is 9.59 Å². The van der Waals surface area contributed by atoms with Crippen molar-refractivity contribution in [1.29, 1.82) is 0 Å². The number of hydrogen-bond acceptors (Lipinski definition) is 15. The molecule has 0 heterocycles. The molecule has 0 aromatic rings. The van der Waals surface area contributed by atoms with Gasteiger partial charge in [-0.3, -0.25) is 4.79 Å². The van der Waals surface area contributed by atoms with Crippen LogP contribution in [0, 0.1) is 34.5 Å². The van der Waals surface area contributed by atoms with E-state index in [1.165, 1.54) is 34.6 Å². The summed E-state index contributed by atoms with van der Waals surface area (Å²) in [5.74, 6) is -3.52. The van der Waals surface area contributed by atoms with E-state index in [0.29, 0.717) is 5.57 Å². The van der Waals surface area contributed by atoms with E-state index in [-0.39, 0.29) is 103 Å². The molecule has 348 valence electrons. The van der Waals surface area contributed by atoms with E-state index in [1.54, 1.807) is 6.92 Å². The van der Waals surface area contributed by atoms with Crippen LogP contribution >= 0.6 is 0 Å². The second-order valence-electron chi connectivity index (χ2n) is 17.1. The highest BCUT2D eigenvalue weighted by Gasteiger charge is 2.48. The first-order chi connectivity index (χ1) is 29.4. The number of carbonyl (C=O) groups excluding carboxylic acids is 8. The molecule has 2 rings (SSSR count). The quantitative estimate of drug-likeness (QED) is 0.0582. The van der Waals surface area contributed by atoms with Crippen LogP contribution in [-0.4, -0.2) is 107 Å². The monoisotopic (exact) mass is 884 g/mol. The highest BCUT2D eigenvalue weighted by atomic mass is 16.6. The first-order valence-electron chi connectivity index (χ1n) is 20.5. The summed E-state index contributed by atoms with van der Waals surface area (Å²) in [4.78, 5) is 101. The van der Waals surface area contributed by atoms with Crippen LogP contribution in [0.5, 0.6) is 0 Å². The summed E-state index contributed by atoms with van der Waals surface area (Å²) in [5, 5.41) is 5.61. The van der Waals surface area contributed by atoms with E-state index in [9.17, 15) is 38.4 Å². The number of allylic oxidation sites excluding steroid dienone is 1. The van der Waals surface area contributed by atoms with Gasteiger partial charge in [0.15, 0.2) is 5.78 Å². The highest BCUT2D eigenvalue weighted by molar-refractivity contribution is 5.94. The number of amides is 2. The number of esters is 5. The van der Waals surface area contributed by atoms with Gasteiger partial charge in [0.05, 0.1) is 5.41 Å². The lowest BCUT2D eigenvalue weighted by molar-refractivity contribution is -0.160.